The lowest BCUT2D eigenvalue weighted by molar-refractivity contribution is 0.102. The summed E-state index contributed by atoms with van der Waals surface area (Å²) in [5.74, 6) is 0.815. The molecule has 5 heteroatoms. The molecule has 0 aromatic heterocycles. The fraction of sp³-hybridized carbons (Fsp3) is 0.235. The van der Waals surface area contributed by atoms with Gasteiger partial charge in [-0.15, -0.1) is 0 Å². The molecule has 2 aromatic carbocycles. The number of carbonyl (C=O) groups is 1. The van der Waals surface area contributed by atoms with Gasteiger partial charge in [-0.1, -0.05) is 12.1 Å². The summed E-state index contributed by atoms with van der Waals surface area (Å²) in [6.07, 6.45) is 0. The van der Waals surface area contributed by atoms with E-state index in [1.165, 1.54) is 6.07 Å². The van der Waals surface area contributed by atoms with Crippen LogP contribution in [0.4, 0.5) is 5.69 Å². The van der Waals surface area contributed by atoms with E-state index in [2.05, 4.69) is 5.32 Å². The second-order valence-corrected chi connectivity index (χ2v) is 4.50. The number of hydrogen-bond donors (Lipinski definition) is 2. The van der Waals surface area contributed by atoms with Crippen molar-refractivity contribution < 1.29 is 19.4 Å². The smallest absolute Gasteiger partial charge is 0.255 e. The zero-order chi connectivity index (χ0) is 15.9. The minimum absolute atomic E-state index is 0.0202. The molecule has 0 aliphatic carbocycles. The molecule has 2 rings (SSSR count). The second kappa shape index (κ2) is 7.36. The predicted molar refractivity (Wildman–Crippen MR) is 84.8 cm³/mol. The van der Waals surface area contributed by atoms with Gasteiger partial charge in [-0.3, -0.25) is 4.79 Å². The largest absolute Gasteiger partial charge is 0.506 e. The molecule has 116 valence electrons. The van der Waals surface area contributed by atoms with E-state index in [1.807, 2.05) is 13.8 Å². The molecule has 2 aromatic rings. The number of ether oxygens (including phenoxy) is 2. The van der Waals surface area contributed by atoms with Gasteiger partial charge in [0.25, 0.3) is 5.91 Å². The van der Waals surface area contributed by atoms with Gasteiger partial charge in [0, 0.05) is 5.56 Å². The number of hydrogen-bond acceptors (Lipinski definition) is 4. The standard InChI is InChI=1S/C17H19NO4/c1-3-21-15-10-9-12(11-16(15)22-4-2)17(20)18-13-7-5-6-8-14(13)19/h5-11,19H,3-4H2,1-2H3,(H,18,20). The number of carbonyl (C=O) groups excluding carboxylic acids is 1. The molecule has 1 amide bonds. The molecule has 0 atom stereocenters. The highest BCUT2D eigenvalue weighted by atomic mass is 16.5. The summed E-state index contributed by atoms with van der Waals surface area (Å²) in [4.78, 5) is 12.3. The zero-order valence-electron chi connectivity index (χ0n) is 12.6. The first kappa shape index (κ1) is 15.7. The number of phenols is 1. The van der Waals surface area contributed by atoms with Crippen LogP contribution in [0.2, 0.25) is 0 Å². The fourth-order valence-corrected chi connectivity index (χ4v) is 1.97. The maximum absolute atomic E-state index is 12.3. The third-order valence-corrected chi connectivity index (χ3v) is 2.96. The minimum atomic E-state index is -0.328. The summed E-state index contributed by atoms with van der Waals surface area (Å²) in [5.41, 5.74) is 0.787. The highest BCUT2D eigenvalue weighted by molar-refractivity contribution is 6.05. The van der Waals surface area contributed by atoms with Crippen LogP contribution in [0.3, 0.4) is 0 Å². The SMILES string of the molecule is CCOc1ccc(C(=O)Nc2ccccc2O)cc1OCC. The van der Waals surface area contributed by atoms with Gasteiger partial charge in [0.05, 0.1) is 18.9 Å². The summed E-state index contributed by atoms with van der Waals surface area (Å²) in [6.45, 7) is 4.74. The van der Waals surface area contributed by atoms with Gasteiger partial charge in [0.2, 0.25) is 0 Å². The molecule has 0 heterocycles. The Hall–Kier alpha value is -2.69. The van der Waals surface area contributed by atoms with E-state index in [4.69, 9.17) is 9.47 Å². The van der Waals surface area contributed by atoms with Gasteiger partial charge in [-0.25, -0.2) is 0 Å². The zero-order valence-corrected chi connectivity index (χ0v) is 12.6. The molecule has 2 N–H and O–H groups in total. The van der Waals surface area contributed by atoms with Crippen LogP contribution in [0.5, 0.6) is 17.2 Å². The first-order valence-electron chi connectivity index (χ1n) is 7.14. The van der Waals surface area contributed by atoms with Gasteiger partial charge in [-0.05, 0) is 44.2 Å². The predicted octanol–water partition coefficient (Wildman–Crippen LogP) is 3.44. The molecule has 0 aliphatic heterocycles. The molecule has 0 spiro atoms. The number of phenolic OH excluding ortho intramolecular Hbond substituents is 1. The Morgan fingerprint density at radius 1 is 1.05 bits per heavy atom. The van der Waals surface area contributed by atoms with Crippen molar-refractivity contribution in [3.05, 3.63) is 48.0 Å². The lowest BCUT2D eigenvalue weighted by Crippen LogP contribution is -2.12. The summed E-state index contributed by atoms with van der Waals surface area (Å²) < 4.78 is 11.0. The van der Waals surface area contributed by atoms with E-state index < -0.39 is 0 Å². The van der Waals surface area contributed by atoms with Crippen molar-refractivity contribution in [1.82, 2.24) is 0 Å². The third kappa shape index (κ3) is 3.69. The molecule has 0 fully saturated rings. The first-order valence-corrected chi connectivity index (χ1v) is 7.14. The van der Waals surface area contributed by atoms with Crippen molar-refractivity contribution in [3.8, 4) is 17.2 Å². The van der Waals surface area contributed by atoms with E-state index in [0.717, 1.165) is 0 Å². The van der Waals surface area contributed by atoms with Crippen molar-refractivity contribution in [2.24, 2.45) is 0 Å². The second-order valence-electron chi connectivity index (χ2n) is 4.50. The Balaban J connectivity index is 2.22. The van der Waals surface area contributed by atoms with Crippen LogP contribution in [-0.2, 0) is 0 Å². The number of anilines is 1. The minimum Gasteiger partial charge on any atom is -0.506 e. The van der Waals surface area contributed by atoms with Gasteiger partial charge >= 0.3 is 0 Å². The number of rotatable bonds is 6. The summed E-state index contributed by atoms with van der Waals surface area (Å²) in [7, 11) is 0. The highest BCUT2D eigenvalue weighted by Crippen LogP contribution is 2.29. The van der Waals surface area contributed by atoms with E-state index >= 15 is 0 Å². The quantitative estimate of drug-likeness (QED) is 0.802. The first-order chi connectivity index (χ1) is 10.7. The summed E-state index contributed by atoms with van der Waals surface area (Å²) in [6, 6.07) is 11.6. The molecule has 0 saturated carbocycles. The lowest BCUT2D eigenvalue weighted by Gasteiger charge is -2.12. The highest BCUT2D eigenvalue weighted by Gasteiger charge is 2.13. The molecule has 0 saturated heterocycles. The normalized spacial score (nSPS) is 10.1. The molecule has 0 unspecified atom stereocenters. The molecular weight excluding hydrogens is 282 g/mol. The summed E-state index contributed by atoms with van der Waals surface area (Å²) in [5, 5.41) is 12.4. The maximum Gasteiger partial charge on any atom is 0.255 e. The van der Waals surface area contributed by atoms with Gasteiger partial charge in [0.15, 0.2) is 11.5 Å². The lowest BCUT2D eigenvalue weighted by atomic mass is 10.1. The van der Waals surface area contributed by atoms with E-state index in [1.54, 1.807) is 36.4 Å². The van der Waals surface area contributed by atoms with Crippen LogP contribution in [0, 0.1) is 0 Å². The fourth-order valence-electron chi connectivity index (χ4n) is 1.97. The van der Waals surface area contributed by atoms with Crippen LogP contribution in [-0.4, -0.2) is 24.2 Å². The van der Waals surface area contributed by atoms with Crippen LogP contribution in [0.1, 0.15) is 24.2 Å². The Labute approximate surface area is 129 Å². The maximum atomic E-state index is 12.3. The molecule has 0 radical (unpaired) electrons. The van der Waals surface area contributed by atoms with Crippen molar-refractivity contribution in [2.45, 2.75) is 13.8 Å². The number of nitrogens with one attached hydrogen (secondary N) is 1. The van der Waals surface area contributed by atoms with Crippen molar-refractivity contribution in [3.63, 3.8) is 0 Å². The van der Waals surface area contributed by atoms with Crippen molar-refractivity contribution >= 4 is 11.6 Å². The number of benzene rings is 2. The number of amides is 1. The number of aromatic hydroxyl groups is 1. The topological polar surface area (TPSA) is 67.8 Å². The third-order valence-electron chi connectivity index (χ3n) is 2.96. The van der Waals surface area contributed by atoms with Crippen LogP contribution in [0.25, 0.3) is 0 Å². The number of para-hydroxylation sites is 2. The van der Waals surface area contributed by atoms with E-state index in [9.17, 15) is 9.90 Å². The van der Waals surface area contributed by atoms with Gasteiger partial charge in [-0.2, -0.15) is 0 Å². The van der Waals surface area contributed by atoms with E-state index in [-0.39, 0.29) is 11.7 Å². The van der Waals surface area contributed by atoms with Crippen molar-refractivity contribution in [2.75, 3.05) is 18.5 Å². The van der Waals surface area contributed by atoms with Crippen LogP contribution >= 0.6 is 0 Å². The van der Waals surface area contributed by atoms with Crippen LogP contribution < -0.4 is 14.8 Å². The van der Waals surface area contributed by atoms with Crippen molar-refractivity contribution in [1.29, 1.82) is 0 Å². The monoisotopic (exact) mass is 301 g/mol. The summed E-state index contributed by atoms with van der Waals surface area (Å²) >= 11 is 0. The Morgan fingerprint density at radius 2 is 1.73 bits per heavy atom. The molecule has 22 heavy (non-hydrogen) atoms. The molecule has 0 bridgehead atoms. The molecule has 5 nitrogen and oxygen atoms in total. The average molecular weight is 301 g/mol. The van der Waals surface area contributed by atoms with Crippen LogP contribution in [0.15, 0.2) is 42.5 Å². The van der Waals surface area contributed by atoms with E-state index in [0.29, 0.717) is 36.0 Å². The molecular formula is C17H19NO4. The van der Waals surface area contributed by atoms with Gasteiger partial charge in [0.1, 0.15) is 5.75 Å². The molecule has 0 aliphatic rings. The van der Waals surface area contributed by atoms with Gasteiger partial charge < -0.3 is 19.9 Å². The Bertz CT molecular complexity index is 655. The Morgan fingerprint density at radius 3 is 2.41 bits per heavy atom. The Kier molecular flexibility index (Phi) is 5.25. The average Bonchev–Trinajstić information content (AvgIpc) is 2.51.